The molecule has 1 aromatic carbocycles. The van der Waals surface area contributed by atoms with Crippen molar-refractivity contribution in [2.75, 3.05) is 5.43 Å². The summed E-state index contributed by atoms with van der Waals surface area (Å²) >= 11 is 0. The maximum Gasteiger partial charge on any atom is 0.119 e. The van der Waals surface area contributed by atoms with Gasteiger partial charge in [-0.15, -0.1) is 0 Å². The predicted octanol–water partition coefficient (Wildman–Crippen LogP) is 3.04. The van der Waals surface area contributed by atoms with Crippen LogP contribution in [0.25, 0.3) is 0 Å². The lowest BCUT2D eigenvalue weighted by atomic mass is 10.1. The number of hydrogen-bond acceptors (Lipinski definition) is 2. The summed E-state index contributed by atoms with van der Waals surface area (Å²) in [5.74, 6) is 0.428. The van der Waals surface area contributed by atoms with Crippen molar-refractivity contribution in [3.63, 3.8) is 0 Å². The summed E-state index contributed by atoms with van der Waals surface area (Å²) in [4.78, 5) is 0. The van der Waals surface area contributed by atoms with E-state index in [2.05, 4.69) is 42.1 Å². The largest absolute Gasteiger partial charge is 0.508 e. The summed E-state index contributed by atoms with van der Waals surface area (Å²) < 4.78 is 2.13. The number of nitrogens with one attached hydrogen (secondary N) is 1. The van der Waals surface area contributed by atoms with Gasteiger partial charge in [0.15, 0.2) is 0 Å². The van der Waals surface area contributed by atoms with Gasteiger partial charge in [0.2, 0.25) is 0 Å². The molecule has 18 heavy (non-hydrogen) atoms. The first-order valence-corrected chi connectivity index (χ1v) is 6.39. The van der Waals surface area contributed by atoms with Crippen molar-refractivity contribution in [1.82, 2.24) is 4.68 Å². The highest BCUT2D eigenvalue weighted by molar-refractivity contribution is 5.45. The van der Waals surface area contributed by atoms with Gasteiger partial charge < -0.3 is 10.5 Å². The van der Waals surface area contributed by atoms with Crippen molar-refractivity contribution in [1.29, 1.82) is 0 Å². The molecule has 3 heteroatoms. The molecule has 0 bridgehead atoms. The fourth-order valence-corrected chi connectivity index (χ4v) is 2.80. The molecule has 1 heterocycles. The Morgan fingerprint density at radius 3 is 2.61 bits per heavy atom. The van der Waals surface area contributed by atoms with E-state index in [-0.39, 0.29) is 6.04 Å². The zero-order valence-electron chi connectivity index (χ0n) is 10.8. The molecule has 1 aliphatic carbocycles. The van der Waals surface area contributed by atoms with Gasteiger partial charge in [0.25, 0.3) is 0 Å². The third-order valence-electron chi connectivity index (χ3n) is 3.80. The van der Waals surface area contributed by atoms with Gasteiger partial charge in [0.05, 0.1) is 6.04 Å². The van der Waals surface area contributed by atoms with Crippen molar-refractivity contribution < 1.29 is 5.11 Å². The number of fused-ring (bicyclic) bond motifs is 1. The maximum atomic E-state index is 9.85. The molecule has 0 aliphatic heterocycles. The molecule has 0 fully saturated rings. The Morgan fingerprint density at radius 1 is 1.17 bits per heavy atom. The van der Waals surface area contributed by atoms with E-state index in [1.54, 1.807) is 6.07 Å². The van der Waals surface area contributed by atoms with Crippen LogP contribution >= 0.6 is 0 Å². The molecule has 3 rings (SSSR count). The molecule has 2 N–H and O–H groups in total. The number of aromatic nitrogens is 1. The normalized spacial score (nSPS) is 17.8. The molecule has 1 aromatic heterocycles. The molecule has 1 unspecified atom stereocenters. The van der Waals surface area contributed by atoms with Crippen molar-refractivity contribution in [2.45, 2.75) is 32.7 Å². The number of nitrogens with zero attached hydrogens (tertiary/aromatic N) is 1. The van der Waals surface area contributed by atoms with Crippen molar-refractivity contribution in [3.05, 3.63) is 52.8 Å². The lowest BCUT2D eigenvalue weighted by Crippen LogP contribution is -2.21. The summed E-state index contributed by atoms with van der Waals surface area (Å²) in [6, 6.07) is 10.3. The number of aromatic hydroxyl groups is 1. The number of rotatable bonds is 2. The molecule has 0 saturated heterocycles. The molecule has 0 saturated carbocycles. The van der Waals surface area contributed by atoms with Crippen molar-refractivity contribution in [2.24, 2.45) is 0 Å². The summed E-state index contributed by atoms with van der Waals surface area (Å²) in [7, 11) is 0. The fraction of sp³-hybridized carbons (Fsp3) is 0.333. The second-order valence-corrected chi connectivity index (χ2v) is 5.02. The van der Waals surface area contributed by atoms with Crippen LogP contribution in [0, 0.1) is 13.8 Å². The number of aryl methyl sites for hydroxylation is 2. The van der Waals surface area contributed by atoms with Gasteiger partial charge >= 0.3 is 0 Å². The lowest BCUT2D eigenvalue weighted by Gasteiger charge is -2.19. The summed E-state index contributed by atoms with van der Waals surface area (Å²) in [6.07, 6.45) is 1.98. The third kappa shape index (κ3) is 1.67. The van der Waals surface area contributed by atoms with Crippen molar-refractivity contribution >= 4 is 0 Å². The van der Waals surface area contributed by atoms with Crippen LogP contribution in [-0.2, 0) is 6.42 Å². The zero-order chi connectivity index (χ0) is 12.7. The highest BCUT2D eigenvalue weighted by atomic mass is 16.3. The van der Waals surface area contributed by atoms with Crippen LogP contribution in [0.2, 0.25) is 0 Å². The van der Waals surface area contributed by atoms with Crippen LogP contribution in [-0.4, -0.2) is 9.78 Å². The van der Waals surface area contributed by atoms with Gasteiger partial charge in [-0.05, 0) is 56.0 Å². The molecule has 3 nitrogen and oxygen atoms in total. The van der Waals surface area contributed by atoms with E-state index in [1.807, 2.05) is 6.07 Å². The maximum absolute atomic E-state index is 9.85. The minimum absolute atomic E-state index is 0.289. The first kappa shape index (κ1) is 11.2. The second kappa shape index (κ2) is 4.09. The quantitative estimate of drug-likeness (QED) is 0.849. The lowest BCUT2D eigenvalue weighted by molar-refractivity contribution is 0.469. The van der Waals surface area contributed by atoms with E-state index >= 15 is 0 Å². The molecule has 1 atom stereocenters. The molecular weight excluding hydrogens is 224 g/mol. The Morgan fingerprint density at radius 2 is 1.89 bits per heavy atom. The van der Waals surface area contributed by atoms with Crippen LogP contribution in [0.15, 0.2) is 30.3 Å². The van der Waals surface area contributed by atoms with Gasteiger partial charge in [0, 0.05) is 11.4 Å². The molecule has 94 valence electrons. The van der Waals surface area contributed by atoms with E-state index in [0.29, 0.717) is 5.75 Å². The van der Waals surface area contributed by atoms with Crippen LogP contribution in [0.1, 0.15) is 35.0 Å². The highest BCUT2D eigenvalue weighted by Gasteiger charge is 2.25. The summed E-state index contributed by atoms with van der Waals surface area (Å²) in [5, 5.41) is 9.85. The van der Waals surface area contributed by atoms with Crippen LogP contribution < -0.4 is 5.43 Å². The third-order valence-corrected chi connectivity index (χ3v) is 3.80. The average molecular weight is 242 g/mol. The van der Waals surface area contributed by atoms with Gasteiger partial charge in [-0.25, -0.2) is 0 Å². The van der Waals surface area contributed by atoms with Gasteiger partial charge in [-0.2, -0.15) is 0 Å². The van der Waals surface area contributed by atoms with E-state index in [1.165, 1.54) is 17.0 Å². The first-order valence-electron chi connectivity index (χ1n) is 6.39. The van der Waals surface area contributed by atoms with E-state index in [0.717, 1.165) is 18.4 Å². The number of benzene rings is 1. The average Bonchev–Trinajstić information content (AvgIpc) is 2.89. The minimum Gasteiger partial charge on any atom is -0.508 e. The number of phenolic OH excluding ortho intramolecular Hbond substituents is 1. The van der Waals surface area contributed by atoms with Crippen LogP contribution in [0.5, 0.6) is 5.75 Å². The highest BCUT2D eigenvalue weighted by Crippen LogP contribution is 2.36. The van der Waals surface area contributed by atoms with Gasteiger partial charge in [-0.1, -0.05) is 12.1 Å². The Kier molecular flexibility index (Phi) is 2.54. The topological polar surface area (TPSA) is 37.2 Å². The molecule has 0 spiro atoms. The van der Waals surface area contributed by atoms with E-state index in [4.69, 9.17) is 0 Å². The molecule has 0 amide bonds. The monoisotopic (exact) mass is 242 g/mol. The van der Waals surface area contributed by atoms with Crippen LogP contribution in [0.3, 0.4) is 0 Å². The van der Waals surface area contributed by atoms with Gasteiger partial charge in [-0.3, -0.25) is 4.68 Å². The molecule has 1 aliphatic rings. The summed E-state index contributed by atoms with van der Waals surface area (Å²) in [6.45, 7) is 4.19. The standard InChI is InChI=1S/C15H18N2O/c1-10-6-7-11(2)17(10)16-14-9-8-13-12(14)4-3-5-15(13)18/h3-7,14,16,18H,8-9H2,1-2H3. The van der Waals surface area contributed by atoms with Crippen LogP contribution in [0.4, 0.5) is 0 Å². The molecule has 2 aromatic rings. The SMILES string of the molecule is Cc1ccc(C)n1NC1CCc2c(O)cccc21. The predicted molar refractivity (Wildman–Crippen MR) is 72.4 cm³/mol. The minimum atomic E-state index is 0.289. The van der Waals surface area contributed by atoms with Gasteiger partial charge in [0.1, 0.15) is 5.75 Å². The first-order chi connectivity index (χ1) is 8.66. The fourth-order valence-electron chi connectivity index (χ4n) is 2.80. The Bertz CT molecular complexity index is 567. The Balaban J connectivity index is 1.92. The smallest absolute Gasteiger partial charge is 0.119 e. The Hall–Kier alpha value is -1.90. The molecule has 0 radical (unpaired) electrons. The Labute approximate surface area is 107 Å². The number of phenols is 1. The van der Waals surface area contributed by atoms with E-state index < -0.39 is 0 Å². The molecular formula is C15H18N2O. The second-order valence-electron chi connectivity index (χ2n) is 5.02. The van der Waals surface area contributed by atoms with E-state index in [9.17, 15) is 5.11 Å². The van der Waals surface area contributed by atoms with Crippen molar-refractivity contribution in [3.8, 4) is 5.75 Å². The number of hydrogen-bond donors (Lipinski definition) is 2. The summed E-state index contributed by atoms with van der Waals surface area (Å²) in [5.41, 5.74) is 8.28. The zero-order valence-corrected chi connectivity index (χ0v) is 10.8.